The Hall–Kier alpha value is -4.74. The summed E-state index contributed by atoms with van der Waals surface area (Å²) in [7, 11) is -0.858. The van der Waals surface area contributed by atoms with Crippen LogP contribution in [0, 0.1) is 0 Å². The number of aromatic hydroxyl groups is 1. The summed E-state index contributed by atoms with van der Waals surface area (Å²) in [5, 5.41) is 13.1. The van der Waals surface area contributed by atoms with Crippen molar-refractivity contribution in [2.45, 2.75) is 23.8 Å². The van der Waals surface area contributed by atoms with Gasteiger partial charge in [-0.2, -0.15) is 4.31 Å². The maximum Gasteiger partial charge on any atom is 0.255 e. The van der Waals surface area contributed by atoms with Crippen molar-refractivity contribution in [1.82, 2.24) is 9.62 Å². The van der Waals surface area contributed by atoms with Gasteiger partial charge in [-0.25, -0.2) is 8.42 Å². The summed E-state index contributed by atoms with van der Waals surface area (Å²) in [6.45, 7) is 0.779. The summed E-state index contributed by atoms with van der Waals surface area (Å²) in [6, 6.07) is 21.2. The maximum atomic E-state index is 14.1. The van der Waals surface area contributed by atoms with Crippen LogP contribution in [0.4, 0.5) is 0 Å². The van der Waals surface area contributed by atoms with E-state index >= 15 is 0 Å². The number of rotatable bonds is 4. The first kappa shape index (κ1) is 29.3. The van der Waals surface area contributed by atoms with E-state index in [9.17, 15) is 18.3 Å². The van der Waals surface area contributed by atoms with Crippen molar-refractivity contribution in [1.29, 1.82) is 0 Å². The van der Waals surface area contributed by atoms with Gasteiger partial charge in [0.15, 0.2) is 11.5 Å². The van der Waals surface area contributed by atoms with E-state index in [4.69, 9.17) is 18.9 Å². The fourth-order valence-corrected chi connectivity index (χ4v) is 7.15. The van der Waals surface area contributed by atoms with Gasteiger partial charge in [-0.1, -0.05) is 12.1 Å². The van der Waals surface area contributed by atoms with Crippen LogP contribution in [0.3, 0.4) is 0 Å². The Balaban J connectivity index is 1.48. The minimum absolute atomic E-state index is 0.0938. The predicted molar refractivity (Wildman–Crippen MR) is 162 cm³/mol. The molecule has 1 amide bonds. The zero-order valence-electron chi connectivity index (χ0n) is 24.3. The summed E-state index contributed by atoms with van der Waals surface area (Å²) in [5.74, 6) is 1.83. The first-order valence-corrected chi connectivity index (χ1v) is 15.6. The number of nitrogens with zero attached hydrogens (tertiary/aromatic N) is 1. The molecule has 0 spiro atoms. The molecular formula is C33H32N2O8S. The van der Waals surface area contributed by atoms with Gasteiger partial charge in [-0.05, 0) is 96.3 Å². The van der Waals surface area contributed by atoms with Gasteiger partial charge in [-0.3, -0.25) is 4.79 Å². The summed E-state index contributed by atoms with van der Waals surface area (Å²) in [4.78, 5) is 13.0. The third-order valence-corrected chi connectivity index (χ3v) is 9.66. The van der Waals surface area contributed by atoms with Crippen LogP contribution in [0.1, 0.15) is 39.5 Å². The average molecular weight is 617 g/mol. The molecule has 4 aromatic carbocycles. The van der Waals surface area contributed by atoms with Crippen molar-refractivity contribution >= 4 is 15.9 Å². The van der Waals surface area contributed by atoms with Crippen LogP contribution >= 0.6 is 0 Å². The molecule has 44 heavy (non-hydrogen) atoms. The molecule has 0 saturated heterocycles. The molecule has 3 heterocycles. The van der Waals surface area contributed by atoms with Gasteiger partial charge in [-0.15, -0.1) is 0 Å². The lowest BCUT2D eigenvalue weighted by Crippen LogP contribution is -2.40. The number of hydrogen-bond acceptors (Lipinski definition) is 8. The smallest absolute Gasteiger partial charge is 0.255 e. The van der Waals surface area contributed by atoms with E-state index in [1.165, 1.54) is 23.5 Å². The molecule has 4 aromatic rings. The van der Waals surface area contributed by atoms with Crippen molar-refractivity contribution < 1.29 is 37.3 Å². The highest BCUT2D eigenvalue weighted by molar-refractivity contribution is 7.89. The molecular weight excluding hydrogens is 584 g/mol. The molecule has 11 heteroatoms. The number of benzene rings is 4. The van der Waals surface area contributed by atoms with Crippen LogP contribution < -0.4 is 24.3 Å². The lowest BCUT2D eigenvalue weighted by atomic mass is 9.89. The molecule has 3 aliphatic rings. The minimum atomic E-state index is -3.93. The zero-order chi connectivity index (χ0) is 30.8. The first-order valence-electron chi connectivity index (χ1n) is 14.2. The molecule has 0 aliphatic carbocycles. The van der Waals surface area contributed by atoms with Crippen LogP contribution in [0.5, 0.6) is 34.5 Å². The number of fused-ring (bicyclic) bond motifs is 6. The number of phenols is 1. The Kier molecular flexibility index (Phi) is 8.07. The Bertz CT molecular complexity index is 1810. The van der Waals surface area contributed by atoms with Gasteiger partial charge in [0, 0.05) is 13.1 Å². The van der Waals surface area contributed by atoms with Crippen LogP contribution in [0.15, 0.2) is 83.8 Å². The Morgan fingerprint density at radius 2 is 1.70 bits per heavy atom. The second-order valence-electron chi connectivity index (χ2n) is 10.5. The number of sulfonamides is 1. The Morgan fingerprint density at radius 1 is 0.932 bits per heavy atom. The summed E-state index contributed by atoms with van der Waals surface area (Å²) < 4.78 is 52.8. The lowest BCUT2D eigenvalue weighted by Gasteiger charge is -2.37. The number of hydrogen-bond donors (Lipinski definition) is 2. The SMILES string of the molecule is COc1ccc(S(=O)(=O)N2CCc3cc4ccc3C2c2ccc(OC)c(c2)OCCCNC(=O)c2cc(ccc2O)O4)cc1. The highest BCUT2D eigenvalue weighted by Gasteiger charge is 2.38. The second-order valence-corrected chi connectivity index (χ2v) is 12.3. The predicted octanol–water partition coefficient (Wildman–Crippen LogP) is 5.05. The van der Waals surface area contributed by atoms with E-state index < -0.39 is 22.0 Å². The fraction of sp³-hybridized carbons (Fsp3) is 0.242. The third kappa shape index (κ3) is 5.63. The van der Waals surface area contributed by atoms with Crippen LogP contribution in [0.25, 0.3) is 0 Å². The molecule has 0 saturated carbocycles. The van der Waals surface area contributed by atoms with E-state index in [-0.39, 0.29) is 29.4 Å². The average Bonchev–Trinajstić information content (AvgIpc) is 3.04. The highest BCUT2D eigenvalue weighted by Crippen LogP contribution is 2.43. The van der Waals surface area contributed by atoms with Crippen molar-refractivity contribution in [3.05, 3.63) is 101 Å². The lowest BCUT2D eigenvalue weighted by molar-refractivity contribution is 0.0948. The van der Waals surface area contributed by atoms with Gasteiger partial charge in [0.1, 0.15) is 23.0 Å². The quantitative estimate of drug-likeness (QED) is 0.327. The van der Waals surface area contributed by atoms with Gasteiger partial charge < -0.3 is 29.4 Å². The van der Waals surface area contributed by atoms with E-state index in [2.05, 4.69) is 5.32 Å². The number of nitrogens with one attached hydrogen (secondary N) is 1. The topological polar surface area (TPSA) is 124 Å². The third-order valence-electron chi connectivity index (χ3n) is 7.78. The molecule has 228 valence electrons. The maximum absolute atomic E-state index is 14.1. The molecule has 0 radical (unpaired) electrons. The van der Waals surface area contributed by atoms with Crippen LogP contribution in [0.2, 0.25) is 0 Å². The number of amides is 1. The standard InChI is InChI=1S/C33H32N2O8S/c1-40-23-5-9-26(10-6-23)44(38,39)35-16-14-21-18-24-7-11-27(21)32(35)22-4-13-30(41-2)31(19-22)42-17-3-15-34-33(37)28-20-25(43-24)8-12-29(28)36/h4-13,18-20,32,36H,3,14-17H2,1-2H3,(H,34,37). The molecule has 3 aliphatic heterocycles. The molecule has 0 aromatic heterocycles. The first-order chi connectivity index (χ1) is 21.3. The van der Waals surface area contributed by atoms with Crippen molar-refractivity contribution in [3.8, 4) is 34.5 Å². The number of carbonyl (C=O) groups is 1. The number of phenolic OH excluding ortho intramolecular Hbond substituents is 1. The summed E-state index contributed by atoms with van der Waals surface area (Å²) in [6.07, 6.45) is 0.920. The molecule has 1 unspecified atom stereocenters. The van der Waals surface area contributed by atoms with Crippen molar-refractivity contribution in [3.63, 3.8) is 0 Å². The van der Waals surface area contributed by atoms with E-state index in [0.717, 1.165) is 11.1 Å². The van der Waals surface area contributed by atoms with Gasteiger partial charge >= 0.3 is 0 Å². The van der Waals surface area contributed by atoms with Crippen LogP contribution in [-0.2, 0) is 16.4 Å². The number of methoxy groups -OCH3 is 2. The van der Waals surface area contributed by atoms with E-state index in [1.54, 1.807) is 49.6 Å². The van der Waals surface area contributed by atoms with Crippen molar-refractivity contribution in [2.24, 2.45) is 0 Å². The van der Waals surface area contributed by atoms with E-state index in [0.29, 0.717) is 53.7 Å². The summed E-state index contributed by atoms with van der Waals surface area (Å²) in [5.41, 5.74) is 2.54. The fourth-order valence-electron chi connectivity index (χ4n) is 5.56. The molecule has 8 bridgehead atoms. The van der Waals surface area contributed by atoms with Gasteiger partial charge in [0.05, 0.1) is 37.3 Å². The molecule has 0 fully saturated rings. The number of ether oxygens (including phenoxy) is 4. The van der Waals surface area contributed by atoms with Gasteiger partial charge in [0.25, 0.3) is 5.91 Å². The Morgan fingerprint density at radius 3 is 2.48 bits per heavy atom. The monoisotopic (exact) mass is 616 g/mol. The zero-order valence-corrected chi connectivity index (χ0v) is 25.1. The molecule has 2 N–H and O–H groups in total. The molecule has 7 rings (SSSR count). The largest absolute Gasteiger partial charge is 0.507 e. The second kappa shape index (κ2) is 12.1. The van der Waals surface area contributed by atoms with Crippen molar-refractivity contribution in [2.75, 3.05) is 33.9 Å². The van der Waals surface area contributed by atoms with Gasteiger partial charge in [0.2, 0.25) is 10.0 Å². The normalized spacial score (nSPS) is 17.0. The van der Waals surface area contributed by atoms with Crippen LogP contribution in [-0.4, -0.2) is 57.7 Å². The number of carbonyl (C=O) groups excluding carboxylic acids is 1. The molecule has 1 atom stereocenters. The Labute approximate surface area is 255 Å². The van der Waals surface area contributed by atoms with E-state index in [1.807, 2.05) is 24.3 Å². The minimum Gasteiger partial charge on any atom is -0.507 e. The summed E-state index contributed by atoms with van der Waals surface area (Å²) >= 11 is 0. The molecule has 10 nitrogen and oxygen atoms in total. The highest BCUT2D eigenvalue weighted by atomic mass is 32.2.